The number of carbonyl (C=O) groups excluding carboxylic acids is 1. The van der Waals surface area contributed by atoms with Crippen molar-refractivity contribution in [3.05, 3.63) is 41.6 Å². The summed E-state index contributed by atoms with van der Waals surface area (Å²) in [5.41, 5.74) is 3.36. The van der Waals surface area contributed by atoms with Crippen LogP contribution in [0.1, 0.15) is 48.3 Å². The molecular weight excluding hydrogens is 452 g/mol. The molecule has 34 heavy (non-hydrogen) atoms. The molecule has 1 amide bonds. The fraction of sp³-hybridized carbons (Fsp3) is 0.480. The summed E-state index contributed by atoms with van der Waals surface area (Å²) in [6.07, 6.45) is 2.48. The molecule has 180 valence electrons. The number of benzene rings is 1. The molecule has 0 saturated carbocycles. The van der Waals surface area contributed by atoms with E-state index in [1.54, 1.807) is 11.8 Å². The van der Waals surface area contributed by atoms with Crippen LogP contribution in [-0.4, -0.2) is 65.7 Å². The number of carbonyl (C=O) groups is 1. The first-order chi connectivity index (χ1) is 16.3. The third kappa shape index (κ3) is 4.17. The molecule has 0 radical (unpaired) electrons. The first kappa shape index (κ1) is 22.8. The van der Waals surface area contributed by atoms with Crippen LogP contribution in [0.15, 0.2) is 30.3 Å². The molecule has 2 saturated heterocycles. The van der Waals surface area contributed by atoms with Gasteiger partial charge in [-0.15, -0.1) is 0 Å². The fourth-order valence-electron chi connectivity index (χ4n) is 5.00. The Labute approximate surface area is 199 Å². The zero-order valence-electron chi connectivity index (χ0n) is 19.8. The van der Waals surface area contributed by atoms with Crippen LogP contribution in [-0.2, 0) is 9.84 Å². The van der Waals surface area contributed by atoms with Gasteiger partial charge in [-0.1, -0.05) is 6.92 Å². The molecule has 2 aliphatic rings. The van der Waals surface area contributed by atoms with Crippen molar-refractivity contribution in [2.45, 2.75) is 39.2 Å². The molecule has 0 spiro atoms. The lowest BCUT2D eigenvalue weighted by Gasteiger charge is -2.30. The number of aryl methyl sites for hydroxylation is 1. The van der Waals surface area contributed by atoms with E-state index in [0.717, 1.165) is 37.2 Å². The minimum absolute atomic E-state index is 0.0178. The Morgan fingerprint density at radius 1 is 1.12 bits per heavy atom. The number of rotatable bonds is 4. The van der Waals surface area contributed by atoms with Crippen molar-refractivity contribution in [1.29, 1.82) is 0 Å². The van der Waals surface area contributed by atoms with Gasteiger partial charge in [0.1, 0.15) is 5.75 Å². The highest BCUT2D eigenvalue weighted by molar-refractivity contribution is 7.91. The van der Waals surface area contributed by atoms with E-state index < -0.39 is 9.84 Å². The highest BCUT2D eigenvalue weighted by atomic mass is 32.2. The van der Waals surface area contributed by atoms with Crippen LogP contribution < -0.4 is 4.74 Å². The van der Waals surface area contributed by atoms with Crippen LogP contribution in [0.3, 0.4) is 0 Å². The van der Waals surface area contributed by atoms with E-state index in [9.17, 15) is 13.2 Å². The molecular formula is C25H30N4O4S. The fourth-order valence-corrected chi connectivity index (χ4v) is 6.69. The minimum Gasteiger partial charge on any atom is -0.497 e. The SMILES string of the molecule is COc1ccc(-c2cc(C(=O)N3CCC(C)CC3)c3c(C)nn(C4CCS(=O)(=O)C4)c3n2)cc1. The van der Waals surface area contributed by atoms with Crippen molar-refractivity contribution in [2.75, 3.05) is 31.7 Å². The van der Waals surface area contributed by atoms with Gasteiger partial charge < -0.3 is 9.64 Å². The van der Waals surface area contributed by atoms with Crippen molar-refractivity contribution in [1.82, 2.24) is 19.7 Å². The maximum atomic E-state index is 13.7. The summed E-state index contributed by atoms with van der Waals surface area (Å²) in [6.45, 7) is 5.55. The van der Waals surface area contributed by atoms with Crippen LogP contribution in [0.2, 0.25) is 0 Å². The summed E-state index contributed by atoms with van der Waals surface area (Å²) in [7, 11) is -1.48. The Morgan fingerprint density at radius 2 is 1.82 bits per heavy atom. The topological polar surface area (TPSA) is 94.4 Å². The molecule has 1 unspecified atom stereocenters. The second-order valence-corrected chi connectivity index (χ2v) is 11.8. The smallest absolute Gasteiger partial charge is 0.254 e. The number of nitrogens with zero attached hydrogens (tertiary/aromatic N) is 4. The lowest BCUT2D eigenvalue weighted by atomic mass is 9.97. The first-order valence-electron chi connectivity index (χ1n) is 11.8. The third-order valence-corrected chi connectivity index (χ3v) is 8.83. The Hall–Kier alpha value is -2.94. The van der Waals surface area contributed by atoms with Crippen LogP contribution in [0, 0.1) is 12.8 Å². The number of methoxy groups -OCH3 is 1. The standard InChI is InChI=1S/C25H30N4O4S/c1-16-8-11-28(12-9-16)25(30)21-14-22(18-4-6-20(33-3)7-5-18)26-24-23(21)17(2)27-29(24)19-10-13-34(31,32)15-19/h4-7,14,16,19H,8-13,15H2,1-3H3. The van der Waals surface area contributed by atoms with Gasteiger partial charge in [0.25, 0.3) is 5.91 Å². The van der Waals surface area contributed by atoms with Gasteiger partial charge >= 0.3 is 0 Å². The van der Waals surface area contributed by atoms with Crippen molar-refractivity contribution < 1.29 is 17.9 Å². The van der Waals surface area contributed by atoms with E-state index in [0.29, 0.717) is 40.3 Å². The molecule has 3 aromatic rings. The number of ether oxygens (including phenoxy) is 1. The van der Waals surface area contributed by atoms with E-state index in [4.69, 9.17) is 14.8 Å². The zero-order valence-corrected chi connectivity index (χ0v) is 20.6. The molecule has 1 aromatic carbocycles. The minimum atomic E-state index is -3.10. The molecule has 8 nitrogen and oxygen atoms in total. The van der Waals surface area contributed by atoms with E-state index in [1.807, 2.05) is 42.2 Å². The molecule has 2 fully saturated rings. The lowest BCUT2D eigenvalue weighted by Crippen LogP contribution is -2.38. The molecule has 2 aliphatic heterocycles. The predicted molar refractivity (Wildman–Crippen MR) is 131 cm³/mol. The number of amides is 1. The number of piperidine rings is 1. The first-order valence-corrected chi connectivity index (χ1v) is 13.6. The van der Waals surface area contributed by atoms with Gasteiger partial charge in [0, 0.05) is 18.7 Å². The van der Waals surface area contributed by atoms with E-state index in [1.165, 1.54) is 0 Å². The van der Waals surface area contributed by atoms with Crippen LogP contribution in [0.25, 0.3) is 22.3 Å². The molecule has 1 atom stereocenters. The van der Waals surface area contributed by atoms with E-state index in [2.05, 4.69) is 6.92 Å². The molecule has 4 heterocycles. The third-order valence-electron chi connectivity index (χ3n) is 7.08. The largest absolute Gasteiger partial charge is 0.497 e. The van der Waals surface area contributed by atoms with E-state index in [-0.39, 0.29) is 23.5 Å². The molecule has 2 aromatic heterocycles. The molecule has 5 rings (SSSR count). The molecule has 0 aliphatic carbocycles. The van der Waals surface area contributed by atoms with Crippen molar-refractivity contribution in [3.8, 4) is 17.0 Å². The summed E-state index contributed by atoms with van der Waals surface area (Å²) in [4.78, 5) is 20.6. The number of likely N-dealkylation sites (tertiary alicyclic amines) is 1. The normalized spacial score (nSPS) is 20.7. The predicted octanol–water partition coefficient (Wildman–Crippen LogP) is 3.65. The van der Waals surface area contributed by atoms with Gasteiger partial charge in [-0.2, -0.15) is 5.10 Å². The van der Waals surface area contributed by atoms with Gasteiger partial charge in [0.15, 0.2) is 15.5 Å². The molecule has 0 bridgehead atoms. The maximum absolute atomic E-state index is 13.7. The second-order valence-electron chi connectivity index (χ2n) is 9.54. The zero-order chi connectivity index (χ0) is 24.0. The number of hydrogen-bond donors (Lipinski definition) is 0. The summed E-state index contributed by atoms with van der Waals surface area (Å²) >= 11 is 0. The Bertz CT molecular complexity index is 1340. The Balaban J connectivity index is 1.66. The summed E-state index contributed by atoms with van der Waals surface area (Å²) in [5.74, 6) is 1.53. The highest BCUT2D eigenvalue weighted by Gasteiger charge is 2.33. The van der Waals surface area contributed by atoms with Crippen LogP contribution in [0.4, 0.5) is 0 Å². The molecule has 9 heteroatoms. The lowest BCUT2D eigenvalue weighted by molar-refractivity contribution is 0.0699. The average Bonchev–Trinajstić information content (AvgIpc) is 3.37. The average molecular weight is 483 g/mol. The van der Waals surface area contributed by atoms with E-state index >= 15 is 0 Å². The Morgan fingerprint density at radius 3 is 2.44 bits per heavy atom. The number of pyridine rings is 1. The number of fused-ring (bicyclic) bond motifs is 1. The summed E-state index contributed by atoms with van der Waals surface area (Å²) in [6, 6.07) is 9.13. The van der Waals surface area contributed by atoms with Gasteiger partial charge in [-0.05, 0) is 62.4 Å². The monoisotopic (exact) mass is 482 g/mol. The Kier molecular flexibility index (Phi) is 5.83. The summed E-state index contributed by atoms with van der Waals surface area (Å²) in [5, 5.41) is 5.41. The van der Waals surface area contributed by atoms with Gasteiger partial charge in [0.05, 0.1) is 47.0 Å². The number of aromatic nitrogens is 3. The van der Waals surface area contributed by atoms with Crippen molar-refractivity contribution in [2.24, 2.45) is 5.92 Å². The highest BCUT2D eigenvalue weighted by Crippen LogP contribution is 2.33. The van der Waals surface area contributed by atoms with Gasteiger partial charge in [0.2, 0.25) is 0 Å². The number of sulfone groups is 1. The number of hydrogen-bond acceptors (Lipinski definition) is 6. The second kappa shape index (κ2) is 8.69. The van der Waals surface area contributed by atoms with Gasteiger partial charge in [-0.3, -0.25) is 4.79 Å². The molecule has 0 N–H and O–H groups in total. The van der Waals surface area contributed by atoms with Crippen molar-refractivity contribution >= 4 is 26.8 Å². The quantitative estimate of drug-likeness (QED) is 0.563. The van der Waals surface area contributed by atoms with Gasteiger partial charge in [-0.25, -0.2) is 18.1 Å². The maximum Gasteiger partial charge on any atom is 0.254 e. The van der Waals surface area contributed by atoms with Crippen LogP contribution in [0.5, 0.6) is 5.75 Å². The van der Waals surface area contributed by atoms with Crippen molar-refractivity contribution in [3.63, 3.8) is 0 Å². The van der Waals surface area contributed by atoms with Crippen LogP contribution >= 0.6 is 0 Å². The summed E-state index contributed by atoms with van der Waals surface area (Å²) < 4.78 is 31.4.